The maximum Gasteiger partial charge on any atom is 0.0591 e. The van der Waals surface area contributed by atoms with Crippen LogP contribution in [0.25, 0.3) is 0 Å². The van der Waals surface area contributed by atoms with Gasteiger partial charge in [0.2, 0.25) is 0 Å². The van der Waals surface area contributed by atoms with Crippen LogP contribution in [0.3, 0.4) is 0 Å². The first-order valence-electron chi connectivity index (χ1n) is 5.98. The first kappa shape index (κ1) is 9.08. The van der Waals surface area contributed by atoms with Crippen molar-refractivity contribution < 1.29 is 0 Å². The van der Waals surface area contributed by atoms with Gasteiger partial charge in [-0.2, -0.15) is 0 Å². The van der Waals surface area contributed by atoms with Crippen LogP contribution in [0.5, 0.6) is 0 Å². The van der Waals surface area contributed by atoms with Crippen molar-refractivity contribution in [3.63, 3.8) is 0 Å². The zero-order valence-corrected chi connectivity index (χ0v) is 9.29. The summed E-state index contributed by atoms with van der Waals surface area (Å²) < 4.78 is 0. The normalized spacial score (nSPS) is 28.7. The molecule has 2 nitrogen and oxygen atoms in total. The summed E-state index contributed by atoms with van der Waals surface area (Å²) in [7, 11) is 2.06. The van der Waals surface area contributed by atoms with Gasteiger partial charge in [-0.25, -0.2) is 0 Å². The van der Waals surface area contributed by atoms with Crippen molar-refractivity contribution in [1.29, 1.82) is 0 Å². The Balaban J connectivity index is 2.02. The lowest BCUT2D eigenvalue weighted by molar-refractivity contribution is 0.433. The van der Waals surface area contributed by atoms with Gasteiger partial charge < -0.3 is 10.2 Å². The summed E-state index contributed by atoms with van der Waals surface area (Å²) in [6, 6.07) is 0. The molecule has 0 spiro atoms. The van der Waals surface area contributed by atoms with Crippen LogP contribution >= 0.6 is 0 Å². The van der Waals surface area contributed by atoms with E-state index in [1.54, 1.807) is 5.70 Å². The Morgan fingerprint density at radius 3 is 3.13 bits per heavy atom. The highest BCUT2D eigenvalue weighted by atomic mass is 15.2. The molecular weight excluding hydrogens is 184 g/mol. The lowest BCUT2D eigenvalue weighted by Crippen LogP contribution is -2.18. The summed E-state index contributed by atoms with van der Waals surface area (Å²) in [5, 5.41) is 3.41. The van der Waals surface area contributed by atoms with Crippen LogP contribution in [0.2, 0.25) is 0 Å². The molecule has 1 atom stereocenters. The lowest BCUT2D eigenvalue weighted by Gasteiger charge is -2.21. The molecule has 2 heterocycles. The monoisotopic (exact) mass is 202 g/mol. The van der Waals surface area contributed by atoms with Crippen molar-refractivity contribution in [2.75, 3.05) is 13.6 Å². The number of rotatable bonds is 1. The molecule has 1 fully saturated rings. The second-order valence-corrected chi connectivity index (χ2v) is 4.53. The molecule has 3 aliphatic rings. The van der Waals surface area contributed by atoms with Gasteiger partial charge in [0.05, 0.1) is 5.92 Å². The number of hydrogen-bond donors (Lipinski definition) is 1. The average molecular weight is 202 g/mol. The van der Waals surface area contributed by atoms with Gasteiger partial charge in [0.25, 0.3) is 0 Å². The number of fused-ring (bicyclic) bond motifs is 3. The molecule has 0 aromatic carbocycles. The zero-order valence-electron chi connectivity index (χ0n) is 9.29. The third-order valence-electron chi connectivity index (χ3n) is 3.71. The van der Waals surface area contributed by atoms with E-state index in [9.17, 15) is 0 Å². The molecule has 1 N–H and O–H groups in total. The van der Waals surface area contributed by atoms with Crippen LogP contribution in [-0.2, 0) is 0 Å². The highest BCUT2D eigenvalue weighted by Crippen LogP contribution is 2.42. The van der Waals surface area contributed by atoms with Crippen LogP contribution in [-0.4, -0.2) is 18.5 Å². The second-order valence-electron chi connectivity index (χ2n) is 4.53. The Kier molecular flexibility index (Phi) is 2.08. The van der Waals surface area contributed by atoms with Crippen LogP contribution in [0.4, 0.5) is 0 Å². The molecule has 1 aliphatic carbocycles. The van der Waals surface area contributed by atoms with Gasteiger partial charge in [0.1, 0.15) is 0 Å². The first-order chi connectivity index (χ1) is 7.42. The average Bonchev–Trinajstić information content (AvgIpc) is 2.72. The highest BCUT2D eigenvalue weighted by molar-refractivity contribution is 5.44. The molecule has 0 aromatic rings. The van der Waals surface area contributed by atoms with Crippen molar-refractivity contribution in [2.45, 2.75) is 25.7 Å². The van der Waals surface area contributed by atoms with Gasteiger partial charge >= 0.3 is 0 Å². The van der Waals surface area contributed by atoms with Crippen LogP contribution in [0.15, 0.2) is 35.3 Å². The minimum absolute atomic E-state index is 0.531. The maximum absolute atomic E-state index is 3.41. The molecular formula is C13H18N2. The van der Waals surface area contributed by atoms with E-state index in [4.69, 9.17) is 0 Å². The predicted molar refractivity (Wildman–Crippen MR) is 62.0 cm³/mol. The molecule has 2 aliphatic heterocycles. The number of hydrogen-bond acceptors (Lipinski definition) is 2. The van der Waals surface area contributed by atoms with Crippen LogP contribution < -0.4 is 5.32 Å². The standard InChI is InChI=1S/C13H18N2/c1-14-13-10-6-5-8-11(10)15-9-4-2-3-7-12(13)15/h5-6,8,10,14H,2-4,7,9H2,1H3. The van der Waals surface area contributed by atoms with Crippen LogP contribution in [0, 0.1) is 5.92 Å². The minimum atomic E-state index is 0.531. The van der Waals surface area contributed by atoms with E-state index in [0.717, 1.165) is 0 Å². The lowest BCUT2D eigenvalue weighted by atomic mass is 10.1. The van der Waals surface area contributed by atoms with Gasteiger partial charge in [-0.15, -0.1) is 0 Å². The summed E-state index contributed by atoms with van der Waals surface area (Å²) in [6.07, 6.45) is 12.1. The van der Waals surface area contributed by atoms with E-state index in [1.807, 2.05) is 0 Å². The fraction of sp³-hybridized carbons (Fsp3) is 0.538. The van der Waals surface area contributed by atoms with Crippen molar-refractivity contribution >= 4 is 0 Å². The van der Waals surface area contributed by atoms with E-state index >= 15 is 0 Å². The van der Waals surface area contributed by atoms with Crippen molar-refractivity contribution in [3.8, 4) is 0 Å². The van der Waals surface area contributed by atoms with Gasteiger partial charge in [-0.1, -0.05) is 18.6 Å². The van der Waals surface area contributed by atoms with Gasteiger partial charge in [0.15, 0.2) is 0 Å². The Hall–Kier alpha value is -1.18. The third-order valence-corrected chi connectivity index (χ3v) is 3.71. The Bertz CT molecular complexity index is 363. The molecule has 0 saturated carbocycles. The fourth-order valence-electron chi connectivity index (χ4n) is 3.02. The molecule has 1 saturated heterocycles. The van der Waals surface area contributed by atoms with Crippen molar-refractivity contribution in [1.82, 2.24) is 10.2 Å². The summed E-state index contributed by atoms with van der Waals surface area (Å²) in [5.74, 6) is 0.531. The van der Waals surface area contributed by atoms with Gasteiger partial charge in [-0.05, 0) is 25.3 Å². The predicted octanol–water partition coefficient (Wildman–Crippen LogP) is 2.38. The van der Waals surface area contributed by atoms with E-state index < -0.39 is 0 Å². The smallest absolute Gasteiger partial charge is 0.0591 e. The molecule has 0 amide bonds. The topological polar surface area (TPSA) is 15.3 Å². The summed E-state index contributed by atoms with van der Waals surface area (Å²) in [6.45, 7) is 1.21. The first-order valence-corrected chi connectivity index (χ1v) is 5.98. The summed E-state index contributed by atoms with van der Waals surface area (Å²) in [5.41, 5.74) is 4.49. The third kappa shape index (κ3) is 1.24. The largest absolute Gasteiger partial charge is 0.389 e. The Labute approximate surface area is 91.3 Å². The van der Waals surface area contributed by atoms with Crippen molar-refractivity contribution in [3.05, 3.63) is 35.3 Å². The zero-order chi connectivity index (χ0) is 10.3. The molecule has 1 unspecified atom stereocenters. The molecule has 15 heavy (non-hydrogen) atoms. The van der Waals surface area contributed by atoms with E-state index in [-0.39, 0.29) is 0 Å². The molecule has 3 rings (SSSR count). The Morgan fingerprint density at radius 1 is 1.33 bits per heavy atom. The molecule has 0 radical (unpaired) electrons. The molecule has 80 valence electrons. The van der Waals surface area contributed by atoms with E-state index in [2.05, 4.69) is 35.5 Å². The molecule has 0 bridgehead atoms. The second kappa shape index (κ2) is 3.44. The summed E-state index contributed by atoms with van der Waals surface area (Å²) >= 11 is 0. The number of allylic oxidation sites excluding steroid dienone is 3. The van der Waals surface area contributed by atoms with Crippen LogP contribution in [0.1, 0.15) is 25.7 Å². The number of nitrogens with one attached hydrogen (secondary N) is 1. The van der Waals surface area contributed by atoms with E-state index in [1.165, 1.54) is 43.6 Å². The SMILES string of the molecule is CNC1=C2CCCCCN2C2=CC=CC21. The maximum atomic E-state index is 3.41. The highest BCUT2D eigenvalue weighted by Gasteiger charge is 2.35. The minimum Gasteiger partial charge on any atom is -0.389 e. The Morgan fingerprint density at radius 2 is 2.27 bits per heavy atom. The van der Waals surface area contributed by atoms with Crippen molar-refractivity contribution in [2.24, 2.45) is 5.92 Å². The fourth-order valence-corrected chi connectivity index (χ4v) is 3.02. The number of nitrogens with zero attached hydrogens (tertiary/aromatic N) is 1. The summed E-state index contributed by atoms with van der Waals surface area (Å²) in [4.78, 5) is 2.55. The molecule has 2 heteroatoms. The van der Waals surface area contributed by atoms with Gasteiger partial charge in [0, 0.05) is 30.7 Å². The van der Waals surface area contributed by atoms with Gasteiger partial charge in [-0.3, -0.25) is 0 Å². The molecule has 0 aromatic heterocycles. The quantitative estimate of drug-likeness (QED) is 0.702. The van der Waals surface area contributed by atoms with E-state index in [0.29, 0.717) is 5.92 Å².